The lowest BCUT2D eigenvalue weighted by molar-refractivity contribution is 0.386. The zero-order valence-corrected chi connectivity index (χ0v) is 10.7. The van der Waals surface area contributed by atoms with Crippen LogP contribution in [0.15, 0.2) is 6.20 Å². The number of nitrogens with zero attached hydrogens (tertiary/aromatic N) is 2. The van der Waals surface area contributed by atoms with E-state index in [1.54, 1.807) is 13.3 Å². The molecule has 0 aromatic carbocycles. The van der Waals surface area contributed by atoms with Crippen LogP contribution in [0.2, 0.25) is 0 Å². The molecule has 0 aliphatic carbocycles. The van der Waals surface area contributed by atoms with Crippen LogP contribution >= 0.6 is 0 Å². The van der Waals surface area contributed by atoms with E-state index in [2.05, 4.69) is 25.9 Å². The van der Waals surface area contributed by atoms with Gasteiger partial charge in [0.15, 0.2) is 5.75 Å². The Morgan fingerprint density at radius 1 is 1.50 bits per heavy atom. The highest BCUT2D eigenvalue weighted by Crippen LogP contribution is 2.28. The summed E-state index contributed by atoms with van der Waals surface area (Å²) >= 11 is 0. The number of ether oxygens (including phenoxy) is 1. The lowest BCUT2D eigenvalue weighted by Crippen LogP contribution is -2.19. The van der Waals surface area contributed by atoms with Crippen molar-refractivity contribution in [3.8, 4) is 5.75 Å². The number of nitrogens with two attached hydrogens (primary N) is 1. The van der Waals surface area contributed by atoms with E-state index in [9.17, 15) is 0 Å². The van der Waals surface area contributed by atoms with E-state index in [4.69, 9.17) is 10.5 Å². The zero-order chi connectivity index (χ0) is 12.1. The average molecular weight is 225 g/mol. The van der Waals surface area contributed by atoms with Crippen LogP contribution in [0.3, 0.4) is 0 Å². The van der Waals surface area contributed by atoms with Crippen LogP contribution in [-0.4, -0.2) is 16.9 Å². The number of aryl methyl sites for hydroxylation is 1. The van der Waals surface area contributed by atoms with Crippen LogP contribution in [0.4, 0.5) is 0 Å². The minimum absolute atomic E-state index is 0.00681. The maximum absolute atomic E-state index is 6.23. The lowest BCUT2D eigenvalue weighted by Gasteiger charge is -2.18. The molecule has 4 nitrogen and oxygen atoms in total. The molecule has 0 spiro atoms. The third kappa shape index (κ3) is 2.76. The molecule has 0 amide bonds. The molecule has 2 atom stereocenters. The van der Waals surface area contributed by atoms with Crippen molar-refractivity contribution in [1.29, 1.82) is 0 Å². The third-order valence-electron chi connectivity index (χ3n) is 3.07. The molecule has 92 valence electrons. The van der Waals surface area contributed by atoms with Crippen molar-refractivity contribution < 1.29 is 4.74 Å². The molecule has 1 aromatic rings. The summed E-state index contributed by atoms with van der Waals surface area (Å²) in [7, 11) is 1.66. The van der Waals surface area contributed by atoms with Crippen molar-refractivity contribution in [3.63, 3.8) is 0 Å². The zero-order valence-electron chi connectivity index (χ0n) is 10.7. The summed E-state index contributed by atoms with van der Waals surface area (Å²) in [5.41, 5.74) is 7.25. The van der Waals surface area contributed by atoms with Crippen LogP contribution in [0.1, 0.15) is 45.3 Å². The molecular formula is C12H23N3O. The molecule has 2 N–H and O–H groups in total. The molecule has 16 heavy (non-hydrogen) atoms. The van der Waals surface area contributed by atoms with Crippen molar-refractivity contribution in [3.05, 3.63) is 11.9 Å². The molecular weight excluding hydrogens is 202 g/mol. The number of hydrogen-bond donors (Lipinski definition) is 1. The standard InChI is InChI=1S/C12H23N3O/c1-5-9(3)7-10(13)12-11(16-4)8-14-15(12)6-2/h8-10H,5-7,13H2,1-4H3. The molecule has 0 aliphatic rings. The van der Waals surface area contributed by atoms with Gasteiger partial charge in [-0.3, -0.25) is 4.68 Å². The molecule has 0 fully saturated rings. The summed E-state index contributed by atoms with van der Waals surface area (Å²) in [6.07, 6.45) is 3.87. The van der Waals surface area contributed by atoms with Gasteiger partial charge in [-0.25, -0.2) is 0 Å². The first-order valence-electron chi connectivity index (χ1n) is 5.99. The smallest absolute Gasteiger partial charge is 0.161 e. The Kier molecular flexibility index (Phi) is 4.80. The normalized spacial score (nSPS) is 14.8. The van der Waals surface area contributed by atoms with Crippen LogP contribution < -0.4 is 10.5 Å². The van der Waals surface area contributed by atoms with Crippen molar-refractivity contribution in [1.82, 2.24) is 9.78 Å². The van der Waals surface area contributed by atoms with Crippen LogP contribution in [-0.2, 0) is 6.54 Å². The first-order valence-corrected chi connectivity index (χ1v) is 5.99. The van der Waals surface area contributed by atoms with Gasteiger partial charge >= 0.3 is 0 Å². The highest BCUT2D eigenvalue weighted by Gasteiger charge is 2.19. The van der Waals surface area contributed by atoms with E-state index in [0.29, 0.717) is 5.92 Å². The van der Waals surface area contributed by atoms with E-state index < -0.39 is 0 Å². The number of rotatable bonds is 6. The summed E-state index contributed by atoms with van der Waals surface area (Å²) in [6, 6.07) is 0.00681. The topological polar surface area (TPSA) is 53.1 Å². The van der Waals surface area contributed by atoms with E-state index in [1.165, 1.54) is 0 Å². The van der Waals surface area contributed by atoms with Gasteiger partial charge in [-0.15, -0.1) is 0 Å². The first-order chi connectivity index (χ1) is 7.63. The fourth-order valence-corrected chi connectivity index (χ4v) is 1.87. The monoisotopic (exact) mass is 225 g/mol. The SMILES string of the molecule is CCC(C)CC(N)c1c(OC)cnn1CC. The predicted octanol–water partition coefficient (Wildman–Crippen LogP) is 2.35. The Bertz CT molecular complexity index is 301. The number of methoxy groups -OCH3 is 1. The predicted molar refractivity (Wildman–Crippen MR) is 65.5 cm³/mol. The second-order valence-corrected chi connectivity index (χ2v) is 4.27. The molecule has 0 saturated carbocycles. The highest BCUT2D eigenvalue weighted by molar-refractivity contribution is 5.28. The van der Waals surface area contributed by atoms with Crippen LogP contribution in [0.5, 0.6) is 5.75 Å². The van der Waals surface area contributed by atoms with E-state index >= 15 is 0 Å². The molecule has 1 heterocycles. The Morgan fingerprint density at radius 2 is 2.19 bits per heavy atom. The summed E-state index contributed by atoms with van der Waals surface area (Å²) in [5.74, 6) is 1.43. The Balaban J connectivity index is 2.87. The second-order valence-electron chi connectivity index (χ2n) is 4.27. The molecule has 0 saturated heterocycles. The molecule has 1 aromatic heterocycles. The summed E-state index contributed by atoms with van der Waals surface area (Å²) < 4.78 is 7.22. The summed E-state index contributed by atoms with van der Waals surface area (Å²) in [4.78, 5) is 0. The van der Waals surface area contributed by atoms with Crippen molar-refractivity contribution in [2.24, 2.45) is 11.7 Å². The van der Waals surface area contributed by atoms with Gasteiger partial charge in [0.05, 0.1) is 25.0 Å². The molecule has 0 radical (unpaired) electrons. The van der Waals surface area contributed by atoms with Crippen LogP contribution in [0.25, 0.3) is 0 Å². The van der Waals surface area contributed by atoms with Crippen molar-refractivity contribution in [2.45, 2.75) is 46.2 Å². The van der Waals surface area contributed by atoms with Crippen LogP contribution in [0, 0.1) is 5.92 Å². The quantitative estimate of drug-likeness (QED) is 0.808. The Labute approximate surface area is 97.8 Å². The summed E-state index contributed by atoms with van der Waals surface area (Å²) in [6.45, 7) is 7.30. The van der Waals surface area contributed by atoms with Crippen molar-refractivity contribution in [2.75, 3.05) is 7.11 Å². The maximum Gasteiger partial charge on any atom is 0.161 e. The van der Waals surface area contributed by atoms with Gasteiger partial charge in [0.25, 0.3) is 0 Å². The molecule has 0 bridgehead atoms. The number of aromatic nitrogens is 2. The highest BCUT2D eigenvalue weighted by atomic mass is 16.5. The van der Waals surface area contributed by atoms with Crippen molar-refractivity contribution >= 4 is 0 Å². The van der Waals surface area contributed by atoms with E-state index in [-0.39, 0.29) is 6.04 Å². The molecule has 4 heteroatoms. The van der Waals surface area contributed by atoms with Gasteiger partial charge in [0, 0.05) is 6.54 Å². The van der Waals surface area contributed by atoms with Gasteiger partial charge in [0.1, 0.15) is 0 Å². The van der Waals surface area contributed by atoms with E-state index in [0.717, 1.165) is 30.8 Å². The lowest BCUT2D eigenvalue weighted by atomic mass is 9.97. The van der Waals surface area contributed by atoms with Gasteiger partial charge in [-0.1, -0.05) is 20.3 Å². The van der Waals surface area contributed by atoms with Gasteiger partial charge in [0.2, 0.25) is 0 Å². The minimum Gasteiger partial charge on any atom is -0.493 e. The number of hydrogen-bond acceptors (Lipinski definition) is 3. The molecule has 0 aliphatic heterocycles. The second kappa shape index (κ2) is 5.89. The molecule has 1 rings (SSSR count). The Hall–Kier alpha value is -1.03. The largest absolute Gasteiger partial charge is 0.493 e. The van der Waals surface area contributed by atoms with Gasteiger partial charge in [-0.2, -0.15) is 5.10 Å². The minimum atomic E-state index is 0.00681. The fourth-order valence-electron chi connectivity index (χ4n) is 1.87. The maximum atomic E-state index is 6.23. The fraction of sp³-hybridized carbons (Fsp3) is 0.750. The third-order valence-corrected chi connectivity index (χ3v) is 3.07. The Morgan fingerprint density at radius 3 is 2.69 bits per heavy atom. The van der Waals surface area contributed by atoms with E-state index in [1.807, 2.05) is 4.68 Å². The van der Waals surface area contributed by atoms with Gasteiger partial charge in [-0.05, 0) is 19.3 Å². The first kappa shape index (κ1) is 13.0. The summed E-state index contributed by atoms with van der Waals surface area (Å²) in [5, 5.41) is 4.27. The molecule has 2 unspecified atom stereocenters. The van der Waals surface area contributed by atoms with Gasteiger partial charge < -0.3 is 10.5 Å². The average Bonchev–Trinajstić information content (AvgIpc) is 2.71.